The van der Waals surface area contributed by atoms with Crippen LogP contribution >= 0.6 is 0 Å². The SMILES string of the molecule is Cc1cn(CC(=O)N(CC(=O)OC(C)C)C(CNC(=O)OC(C)(C)C)COCCCCCN)c(=O)[nH]c1=O. The molecule has 0 fully saturated rings. The van der Waals surface area contributed by atoms with Crippen molar-refractivity contribution in [2.45, 2.75) is 85.1 Å². The normalized spacial score (nSPS) is 12.2. The van der Waals surface area contributed by atoms with Crippen LogP contribution in [0.15, 0.2) is 15.8 Å². The van der Waals surface area contributed by atoms with E-state index in [0.29, 0.717) is 13.2 Å². The van der Waals surface area contributed by atoms with Crippen LogP contribution in [0.5, 0.6) is 0 Å². The molecule has 1 unspecified atom stereocenters. The Morgan fingerprint density at radius 2 is 1.84 bits per heavy atom. The number of carbonyl (C=O) groups excluding carboxylic acids is 3. The number of H-pyrrole nitrogens is 1. The van der Waals surface area contributed by atoms with Gasteiger partial charge in [0.05, 0.1) is 18.8 Å². The van der Waals surface area contributed by atoms with Crippen molar-refractivity contribution in [3.8, 4) is 0 Å². The third kappa shape index (κ3) is 12.9. The number of ether oxygens (including phenoxy) is 3. The number of unbranched alkanes of at least 4 members (excludes halogenated alkanes) is 2. The van der Waals surface area contributed by atoms with Crippen molar-refractivity contribution in [3.63, 3.8) is 0 Å². The number of alkyl carbamates (subject to hydrolysis) is 1. The van der Waals surface area contributed by atoms with Crippen LogP contribution in [0.4, 0.5) is 4.79 Å². The second-order valence-corrected chi connectivity index (χ2v) is 10.2. The van der Waals surface area contributed by atoms with Crippen LogP contribution in [0.2, 0.25) is 0 Å². The number of aromatic nitrogens is 2. The maximum absolute atomic E-state index is 13.4. The number of hydrogen-bond donors (Lipinski definition) is 3. The summed E-state index contributed by atoms with van der Waals surface area (Å²) in [5, 5.41) is 2.62. The third-order valence-electron chi connectivity index (χ3n) is 5.11. The number of carbonyl (C=O) groups is 3. The summed E-state index contributed by atoms with van der Waals surface area (Å²) >= 11 is 0. The molecule has 4 N–H and O–H groups in total. The van der Waals surface area contributed by atoms with Crippen LogP contribution in [0.3, 0.4) is 0 Å². The van der Waals surface area contributed by atoms with E-state index in [1.54, 1.807) is 34.6 Å². The summed E-state index contributed by atoms with van der Waals surface area (Å²) in [6, 6.07) is -0.788. The van der Waals surface area contributed by atoms with Gasteiger partial charge in [0.15, 0.2) is 0 Å². The fourth-order valence-corrected chi connectivity index (χ4v) is 3.35. The summed E-state index contributed by atoms with van der Waals surface area (Å²) in [6.07, 6.45) is 2.63. The molecule has 2 amide bonds. The van der Waals surface area contributed by atoms with E-state index >= 15 is 0 Å². The van der Waals surface area contributed by atoms with Crippen LogP contribution in [-0.2, 0) is 30.3 Å². The molecule has 0 saturated carbocycles. The van der Waals surface area contributed by atoms with Crippen molar-refractivity contribution in [1.29, 1.82) is 0 Å². The van der Waals surface area contributed by atoms with Crippen molar-refractivity contribution in [3.05, 3.63) is 32.6 Å². The molecule has 1 heterocycles. The Morgan fingerprint density at radius 1 is 1.16 bits per heavy atom. The van der Waals surface area contributed by atoms with E-state index in [1.165, 1.54) is 18.0 Å². The lowest BCUT2D eigenvalue weighted by Crippen LogP contribution is -2.53. The zero-order valence-electron chi connectivity index (χ0n) is 23.3. The number of rotatable bonds is 15. The largest absolute Gasteiger partial charge is 0.462 e. The topological polar surface area (TPSA) is 175 Å². The van der Waals surface area contributed by atoms with Crippen LogP contribution in [0.1, 0.15) is 59.4 Å². The lowest BCUT2D eigenvalue weighted by molar-refractivity contribution is -0.154. The highest BCUT2D eigenvalue weighted by Gasteiger charge is 2.29. The van der Waals surface area contributed by atoms with Gasteiger partial charge in [-0.3, -0.25) is 23.9 Å². The third-order valence-corrected chi connectivity index (χ3v) is 5.11. The van der Waals surface area contributed by atoms with E-state index < -0.39 is 60.1 Å². The van der Waals surface area contributed by atoms with Crippen molar-refractivity contribution < 1.29 is 28.6 Å². The molecular weight excluding hydrogens is 498 g/mol. The molecule has 0 bridgehead atoms. The molecular formula is C25H43N5O8. The highest BCUT2D eigenvalue weighted by atomic mass is 16.6. The van der Waals surface area contributed by atoms with Crippen LogP contribution in [0, 0.1) is 6.92 Å². The molecule has 1 aromatic rings. The van der Waals surface area contributed by atoms with Gasteiger partial charge in [0, 0.05) is 24.9 Å². The summed E-state index contributed by atoms with van der Waals surface area (Å²) in [5.74, 6) is -1.27. The van der Waals surface area contributed by atoms with E-state index in [0.717, 1.165) is 23.8 Å². The predicted molar refractivity (Wildman–Crippen MR) is 141 cm³/mol. The smallest absolute Gasteiger partial charge is 0.407 e. The van der Waals surface area contributed by atoms with Gasteiger partial charge in [0.25, 0.3) is 5.56 Å². The Labute approximate surface area is 223 Å². The first-order valence-electron chi connectivity index (χ1n) is 12.8. The highest BCUT2D eigenvalue weighted by molar-refractivity contribution is 5.82. The van der Waals surface area contributed by atoms with Gasteiger partial charge in [-0.05, 0) is 67.3 Å². The Bertz CT molecular complexity index is 1030. The van der Waals surface area contributed by atoms with Gasteiger partial charge in [-0.1, -0.05) is 0 Å². The van der Waals surface area contributed by atoms with Gasteiger partial charge in [-0.2, -0.15) is 0 Å². The zero-order chi connectivity index (χ0) is 28.9. The number of nitrogens with two attached hydrogens (primary N) is 1. The van der Waals surface area contributed by atoms with Gasteiger partial charge in [-0.15, -0.1) is 0 Å². The number of esters is 1. The van der Waals surface area contributed by atoms with E-state index in [9.17, 15) is 24.0 Å². The van der Waals surface area contributed by atoms with Gasteiger partial charge in [0.1, 0.15) is 18.7 Å². The molecule has 1 atom stereocenters. The molecule has 0 radical (unpaired) electrons. The molecule has 1 aromatic heterocycles. The number of nitrogens with one attached hydrogen (secondary N) is 2. The van der Waals surface area contributed by atoms with E-state index in [-0.39, 0.29) is 18.7 Å². The summed E-state index contributed by atoms with van der Waals surface area (Å²) in [4.78, 5) is 65.7. The van der Waals surface area contributed by atoms with Crippen molar-refractivity contribution in [2.24, 2.45) is 5.73 Å². The average Bonchev–Trinajstić information content (AvgIpc) is 2.78. The molecule has 0 spiro atoms. The Kier molecular flexibility index (Phi) is 13.8. The first-order chi connectivity index (χ1) is 17.7. The minimum absolute atomic E-state index is 0.00132. The maximum atomic E-state index is 13.4. The molecule has 13 nitrogen and oxygen atoms in total. The van der Waals surface area contributed by atoms with Crippen LogP contribution < -0.4 is 22.3 Å². The van der Waals surface area contributed by atoms with Gasteiger partial charge < -0.3 is 30.2 Å². The maximum Gasteiger partial charge on any atom is 0.407 e. The summed E-state index contributed by atoms with van der Waals surface area (Å²) in [7, 11) is 0. The zero-order valence-corrected chi connectivity index (χ0v) is 23.3. The Morgan fingerprint density at radius 3 is 2.45 bits per heavy atom. The minimum atomic E-state index is -0.788. The molecule has 0 aromatic carbocycles. The standard InChI is InChI=1S/C25H43N5O8/c1-17(2)37-21(32)15-30(20(31)14-29-13-18(3)22(33)28-23(29)34)19(16-36-11-9-7-8-10-26)12-27-24(35)38-25(4,5)6/h13,17,19H,7-12,14-16,26H2,1-6H3,(H,27,35)(H,28,33,34). The predicted octanol–water partition coefficient (Wildman–Crippen LogP) is 0.664. The Hall–Kier alpha value is -3.19. The first-order valence-corrected chi connectivity index (χ1v) is 12.8. The van der Waals surface area contributed by atoms with E-state index in [1.807, 2.05) is 0 Å². The second kappa shape index (κ2) is 15.9. The lowest BCUT2D eigenvalue weighted by Gasteiger charge is -2.32. The fraction of sp³-hybridized carbons (Fsp3) is 0.720. The average molecular weight is 542 g/mol. The minimum Gasteiger partial charge on any atom is -0.462 e. The van der Waals surface area contributed by atoms with Gasteiger partial charge >= 0.3 is 17.8 Å². The lowest BCUT2D eigenvalue weighted by atomic mass is 10.2. The van der Waals surface area contributed by atoms with Gasteiger partial charge in [0.2, 0.25) is 5.91 Å². The van der Waals surface area contributed by atoms with E-state index in [2.05, 4.69) is 10.3 Å². The Balaban J connectivity index is 3.19. The first kappa shape index (κ1) is 32.8. The highest BCUT2D eigenvalue weighted by Crippen LogP contribution is 2.09. The number of nitrogens with zero attached hydrogens (tertiary/aromatic N) is 2. The number of hydrogen-bond acceptors (Lipinski definition) is 9. The summed E-state index contributed by atoms with van der Waals surface area (Å²) in [6.45, 7) is 10.0. The molecule has 0 aliphatic rings. The second-order valence-electron chi connectivity index (χ2n) is 10.2. The molecule has 13 heteroatoms. The summed E-state index contributed by atoms with van der Waals surface area (Å²) in [5.41, 5.74) is 3.71. The number of aromatic amines is 1. The molecule has 0 aliphatic heterocycles. The molecule has 38 heavy (non-hydrogen) atoms. The number of aryl methyl sites for hydroxylation is 1. The summed E-state index contributed by atoms with van der Waals surface area (Å²) < 4.78 is 17.4. The van der Waals surface area contributed by atoms with Crippen LogP contribution in [-0.4, -0.2) is 83.0 Å². The van der Waals surface area contributed by atoms with E-state index in [4.69, 9.17) is 19.9 Å². The molecule has 0 aliphatic carbocycles. The monoisotopic (exact) mass is 541 g/mol. The quantitative estimate of drug-likeness (QED) is 0.213. The number of amides is 2. The molecule has 1 rings (SSSR count). The van der Waals surface area contributed by atoms with Crippen molar-refractivity contribution >= 4 is 18.0 Å². The molecule has 0 saturated heterocycles. The van der Waals surface area contributed by atoms with Crippen LogP contribution in [0.25, 0.3) is 0 Å². The van der Waals surface area contributed by atoms with Crippen molar-refractivity contribution in [2.75, 3.05) is 32.8 Å². The van der Waals surface area contributed by atoms with Gasteiger partial charge in [-0.25, -0.2) is 9.59 Å². The molecule has 216 valence electrons. The fourth-order valence-electron chi connectivity index (χ4n) is 3.35. The van der Waals surface area contributed by atoms with Crippen molar-refractivity contribution in [1.82, 2.24) is 19.8 Å².